The van der Waals surface area contributed by atoms with Crippen LogP contribution in [0.2, 0.25) is 0 Å². The molecule has 1 aromatic heterocycles. The average Bonchev–Trinajstić information content (AvgIpc) is 3.19. The highest BCUT2D eigenvalue weighted by atomic mass is 32.2. The van der Waals surface area contributed by atoms with E-state index in [1.54, 1.807) is 4.90 Å². The molecule has 156 valence electrons. The number of esters is 1. The smallest absolute Gasteiger partial charge is 0.348 e. The van der Waals surface area contributed by atoms with Crippen molar-refractivity contribution in [1.29, 1.82) is 0 Å². The molecule has 1 aliphatic carbocycles. The monoisotopic (exact) mass is 427 g/mol. The fraction of sp³-hybridized carbons (Fsp3) is 0.700. The van der Waals surface area contributed by atoms with Crippen LogP contribution in [0.5, 0.6) is 0 Å². The van der Waals surface area contributed by atoms with Gasteiger partial charge in [0.1, 0.15) is 4.88 Å². The Kier molecular flexibility index (Phi) is 6.49. The van der Waals surface area contributed by atoms with Crippen molar-refractivity contribution in [2.45, 2.75) is 52.5 Å². The number of nitrogens with zero attached hydrogens (tertiary/aromatic N) is 1. The molecule has 0 spiro atoms. The molecule has 28 heavy (non-hydrogen) atoms. The van der Waals surface area contributed by atoms with Crippen molar-refractivity contribution in [2.24, 2.45) is 11.8 Å². The van der Waals surface area contributed by atoms with Gasteiger partial charge >= 0.3 is 5.97 Å². The maximum Gasteiger partial charge on any atom is 0.348 e. The highest BCUT2D eigenvalue weighted by Gasteiger charge is 2.35. The second-order valence-corrected chi connectivity index (χ2v) is 11.8. The summed E-state index contributed by atoms with van der Waals surface area (Å²) in [6, 6.07) is 1.58. The molecule has 0 bridgehead atoms. The quantitative estimate of drug-likeness (QED) is 0.652. The summed E-state index contributed by atoms with van der Waals surface area (Å²) in [7, 11) is -3.09. The lowest BCUT2D eigenvalue weighted by Gasteiger charge is -2.29. The maximum atomic E-state index is 12.7. The first-order valence-electron chi connectivity index (χ1n) is 9.93. The zero-order valence-electron chi connectivity index (χ0n) is 16.8. The summed E-state index contributed by atoms with van der Waals surface area (Å²) in [5.74, 6) is 0.144. The van der Waals surface area contributed by atoms with Gasteiger partial charge in [0.05, 0.1) is 11.5 Å². The zero-order chi connectivity index (χ0) is 20.5. The van der Waals surface area contributed by atoms with Crippen LogP contribution in [0.15, 0.2) is 6.07 Å². The first kappa shape index (κ1) is 21.3. The summed E-state index contributed by atoms with van der Waals surface area (Å²) >= 11 is 1.46. The number of hydrogen-bond acceptors (Lipinski definition) is 6. The first-order chi connectivity index (χ1) is 13.1. The summed E-state index contributed by atoms with van der Waals surface area (Å²) in [5.41, 5.74) is 1.22. The highest BCUT2D eigenvalue weighted by Crippen LogP contribution is 2.32. The van der Waals surface area contributed by atoms with E-state index in [2.05, 4.69) is 6.92 Å². The lowest BCUT2D eigenvalue weighted by molar-refractivity contribution is -0.137. The van der Waals surface area contributed by atoms with Crippen LogP contribution in [-0.2, 0) is 32.2 Å². The van der Waals surface area contributed by atoms with Gasteiger partial charge in [-0.25, -0.2) is 13.2 Å². The van der Waals surface area contributed by atoms with Crippen LogP contribution in [0.4, 0.5) is 0 Å². The molecule has 0 aromatic carbocycles. The Morgan fingerprint density at radius 3 is 2.71 bits per heavy atom. The van der Waals surface area contributed by atoms with Gasteiger partial charge in [0.25, 0.3) is 5.91 Å². The van der Waals surface area contributed by atoms with Crippen LogP contribution >= 0.6 is 11.3 Å². The van der Waals surface area contributed by atoms with E-state index in [0.717, 1.165) is 19.3 Å². The molecule has 1 aliphatic heterocycles. The number of carbonyl (C=O) groups is 2. The van der Waals surface area contributed by atoms with Crippen molar-refractivity contribution in [3.05, 3.63) is 21.4 Å². The van der Waals surface area contributed by atoms with Gasteiger partial charge in [0, 0.05) is 17.5 Å². The van der Waals surface area contributed by atoms with E-state index in [1.807, 2.05) is 19.9 Å². The predicted molar refractivity (Wildman–Crippen MR) is 109 cm³/mol. The van der Waals surface area contributed by atoms with E-state index in [1.165, 1.54) is 21.8 Å². The molecule has 1 aromatic rings. The number of carbonyl (C=O) groups excluding carboxylic acids is 2. The third-order valence-electron chi connectivity index (χ3n) is 5.39. The number of amides is 1. The summed E-state index contributed by atoms with van der Waals surface area (Å²) in [5, 5.41) is 0. The van der Waals surface area contributed by atoms with Gasteiger partial charge in [0.15, 0.2) is 16.4 Å². The van der Waals surface area contributed by atoms with Crippen LogP contribution in [0, 0.1) is 11.8 Å². The summed E-state index contributed by atoms with van der Waals surface area (Å²) in [6.45, 7) is 6.28. The Labute approximate surface area is 171 Å². The van der Waals surface area contributed by atoms with E-state index in [-0.39, 0.29) is 36.0 Å². The highest BCUT2D eigenvalue weighted by molar-refractivity contribution is 7.91. The van der Waals surface area contributed by atoms with Gasteiger partial charge < -0.3 is 9.64 Å². The van der Waals surface area contributed by atoms with Crippen LogP contribution in [0.3, 0.4) is 0 Å². The second-order valence-electron chi connectivity index (χ2n) is 8.48. The van der Waals surface area contributed by atoms with Crippen LogP contribution in [0.25, 0.3) is 0 Å². The van der Waals surface area contributed by atoms with Crippen molar-refractivity contribution in [2.75, 3.05) is 24.7 Å². The SMILES string of the molecule is CC(C)CN(C(=O)COC(=O)c1cc2c(s1)CC[C@@H](C)C2)[C@@H]1CCS(=O)(=O)C1. The molecule has 0 radical (unpaired) electrons. The van der Waals surface area contributed by atoms with Crippen molar-refractivity contribution in [1.82, 2.24) is 4.90 Å². The van der Waals surface area contributed by atoms with Crippen LogP contribution in [0.1, 0.15) is 53.7 Å². The van der Waals surface area contributed by atoms with E-state index in [9.17, 15) is 18.0 Å². The lowest BCUT2D eigenvalue weighted by Crippen LogP contribution is -2.45. The Morgan fingerprint density at radius 2 is 2.07 bits per heavy atom. The minimum atomic E-state index is -3.09. The molecule has 1 saturated heterocycles. The third kappa shape index (κ3) is 5.14. The number of thiophene rings is 1. The first-order valence-corrected chi connectivity index (χ1v) is 12.6. The van der Waals surface area contributed by atoms with E-state index in [4.69, 9.17) is 4.74 Å². The Bertz CT molecular complexity index is 843. The zero-order valence-corrected chi connectivity index (χ0v) is 18.4. The molecule has 3 rings (SSSR count). The second kappa shape index (κ2) is 8.53. The van der Waals surface area contributed by atoms with Gasteiger partial charge in [-0.2, -0.15) is 0 Å². The van der Waals surface area contributed by atoms with Gasteiger partial charge in [-0.1, -0.05) is 20.8 Å². The fourth-order valence-corrected chi connectivity index (χ4v) is 6.79. The number of rotatable bonds is 6. The Hall–Kier alpha value is -1.41. The van der Waals surface area contributed by atoms with Gasteiger partial charge in [-0.3, -0.25) is 4.79 Å². The molecular formula is C20H29NO5S2. The topological polar surface area (TPSA) is 80.8 Å². The standard InChI is InChI=1S/C20H29NO5S2/c1-13(2)10-21(16-6-7-28(24,25)12-16)19(22)11-26-20(23)18-9-15-8-14(3)4-5-17(15)27-18/h9,13-14,16H,4-8,10-12H2,1-3H3/t14-,16-/m1/s1. The molecule has 6 nitrogen and oxygen atoms in total. The summed E-state index contributed by atoms with van der Waals surface area (Å²) in [6.07, 6.45) is 3.56. The minimum absolute atomic E-state index is 0.00473. The average molecular weight is 428 g/mol. The largest absolute Gasteiger partial charge is 0.451 e. The summed E-state index contributed by atoms with van der Waals surface area (Å²) < 4.78 is 28.9. The normalized spacial score (nSPS) is 23.4. The van der Waals surface area contributed by atoms with E-state index >= 15 is 0 Å². The van der Waals surface area contributed by atoms with Gasteiger partial charge in [-0.15, -0.1) is 11.3 Å². The van der Waals surface area contributed by atoms with Gasteiger partial charge in [0.2, 0.25) is 0 Å². The molecule has 0 N–H and O–H groups in total. The number of sulfone groups is 1. The minimum Gasteiger partial charge on any atom is -0.451 e. The molecule has 1 amide bonds. The van der Waals surface area contributed by atoms with E-state index < -0.39 is 15.8 Å². The van der Waals surface area contributed by atoms with Crippen molar-refractivity contribution in [3.8, 4) is 0 Å². The number of aryl methyl sites for hydroxylation is 1. The number of hydrogen-bond donors (Lipinski definition) is 0. The molecule has 8 heteroatoms. The van der Waals surface area contributed by atoms with Gasteiger partial charge in [-0.05, 0) is 49.1 Å². The Balaban J connectivity index is 1.61. The predicted octanol–water partition coefficient (Wildman–Crippen LogP) is 2.70. The fourth-order valence-electron chi connectivity index (χ4n) is 3.96. The number of fused-ring (bicyclic) bond motifs is 1. The molecule has 0 unspecified atom stereocenters. The van der Waals surface area contributed by atoms with Crippen LogP contribution in [-0.4, -0.2) is 55.9 Å². The Morgan fingerprint density at radius 1 is 1.32 bits per heavy atom. The molecule has 2 atom stereocenters. The molecule has 2 aliphatic rings. The van der Waals surface area contributed by atoms with Crippen molar-refractivity contribution >= 4 is 33.1 Å². The molecular weight excluding hydrogens is 398 g/mol. The summed E-state index contributed by atoms with van der Waals surface area (Å²) in [4.78, 5) is 28.5. The maximum absolute atomic E-state index is 12.7. The van der Waals surface area contributed by atoms with Crippen molar-refractivity contribution < 1.29 is 22.7 Å². The third-order valence-corrected chi connectivity index (χ3v) is 8.36. The number of ether oxygens (including phenoxy) is 1. The molecule has 0 saturated carbocycles. The van der Waals surface area contributed by atoms with Crippen LogP contribution < -0.4 is 0 Å². The molecule has 1 fully saturated rings. The lowest BCUT2D eigenvalue weighted by atomic mass is 9.90. The van der Waals surface area contributed by atoms with E-state index in [0.29, 0.717) is 23.8 Å². The van der Waals surface area contributed by atoms with Crippen molar-refractivity contribution in [3.63, 3.8) is 0 Å². The molecule has 2 heterocycles.